The quantitative estimate of drug-likeness (QED) is 0.666. The fourth-order valence-corrected chi connectivity index (χ4v) is 2.23. The molecule has 1 aliphatic heterocycles. The van der Waals surface area contributed by atoms with Crippen molar-refractivity contribution in [2.24, 2.45) is 10.7 Å². The summed E-state index contributed by atoms with van der Waals surface area (Å²) in [6.45, 7) is 7.48. The number of rotatable bonds is 3. The molecule has 0 bridgehead atoms. The van der Waals surface area contributed by atoms with Crippen LogP contribution in [0.25, 0.3) is 5.57 Å². The largest absolute Gasteiger partial charge is 0.383 e. The number of nitrogens with two attached hydrogens (primary N) is 1. The summed E-state index contributed by atoms with van der Waals surface area (Å²) in [5.41, 5.74) is 9.44. The molecule has 0 saturated heterocycles. The van der Waals surface area contributed by atoms with Crippen molar-refractivity contribution in [3.05, 3.63) is 71.1 Å². The van der Waals surface area contributed by atoms with Gasteiger partial charge in [-0.2, -0.15) is 0 Å². The van der Waals surface area contributed by atoms with E-state index in [1.54, 1.807) is 20.0 Å². The van der Waals surface area contributed by atoms with Gasteiger partial charge in [0.05, 0.1) is 0 Å². The minimum atomic E-state index is -0.461. The van der Waals surface area contributed by atoms with Gasteiger partial charge in [-0.05, 0) is 32.1 Å². The Morgan fingerprint density at radius 1 is 1.45 bits per heavy atom. The Morgan fingerprint density at radius 2 is 2.18 bits per heavy atom. The minimum Gasteiger partial charge on any atom is -0.383 e. The van der Waals surface area contributed by atoms with Crippen molar-refractivity contribution in [1.29, 1.82) is 0 Å². The Kier molecular flexibility index (Phi) is 4.56. The summed E-state index contributed by atoms with van der Waals surface area (Å²) in [7, 11) is 1.56. The standard InChI is InChI=1S/C17H19FN4/c1-5-12(15-8-6-7-10(2)21-15)16-14(18)9-13(11(3)22-16)17(19)20-4/h5-9,21H,1H2,2-4H3,(H2,19,20)/b15-12+. The molecular formula is C17H19FN4. The lowest BCUT2D eigenvalue weighted by molar-refractivity contribution is 0.615. The molecule has 4 nitrogen and oxygen atoms in total. The van der Waals surface area contributed by atoms with Crippen molar-refractivity contribution in [1.82, 2.24) is 10.3 Å². The number of aryl methyl sites for hydroxylation is 1. The lowest BCUT2D eigenvalue weighted by atomic mass is 10.0. The molecule has 0 spiro atoms. The van der Waals surface area contributed by atoms with Gasteiger partial charge in [-0.15, -0.1) is 0 Å². The average Bonchev–Trinajstić information content (AvgIpc) is 2.50. The highest BCUT2D eigenvalue weighted by atomic mass is 19.1. The maximum absolute atomic E-state index is 14.5. The molecule has 3 N–H and O–H groups in total. The van der Waals surface area contributed by atoms with Crippen LogP contribution < -0.4 is 11.1 Å². The predicted octanol–water partition coefficient (Wildman–Crippen LogP) is 2.82. The van der Waals surface area contributed by atoms with E-state index < -0.39 is 5.82 Å². The zero-order valence-corrected chi connectivity index (χ0v) is 12.9. The predicted molar refractivity (Wildman–Crippen MR) is 88.7 cm³/mol. The number of nitrogens with one attached hydrogen (secondary N) is 1. The second kappa shape index (κ2) is 6.39. The van der Waals surface area contributed by atoms with Gasteiger partial charge in [0.1, 0.15) is 17.3 Å². The van der Waals surface area contributed by atoms with E-state index in [4.69, 9.17) is 5.73 Å². The molecule has 0 radical (unpaired) electrons. The third-order valence-electron chi connectivity index (χ3n) is 3.37. The molecule has 0 fully saturated rings. The first-order valence-corrected chi connectivity index (χ1v) is 6.86. The SMILES string of the molecule is C=C/C(=C1/C=CC=C(C)N1)c1nc(C)c(C(N)=NC)cc1F. The first-order chi connectivity index (χ1) is 10.5. The van der Waals surface area contributed by atoms with E-state index in [2.05, 4.69) is 21.9 Å². The van der Waals surface area contributed by atoms with Gasteiger partial charge in [-0.1, -0.05) is 18.7 Å². The van der Waals surface area contributed by atoms with Crippen LogP contribution in [0.2, 0.25) is 0 Å². The van der Waals surface area contributed by atoms with Gasteiger partial charge in [0.2, 0.25) is 0 Å². The summed E-state index contributed by atoms with van der Waals surface area (Å²) in [6, 6.07) is 1.36. The van der Waals surface area contributed by atoms with Crippen LogP contribution in [0.5, 0.6) is 0 Å². The number of amidine groups is 1. The number of aromatic nitrogens is 1. The van der Waals surface area contributed by atoms with Crippen molar-refractivity contribution >= 4 is 11.4 Å². The molecule has 0 unspecified atom stereocenters. The van der Waals surface area contributed by atoms with Crippen LogP contribution in [0.4, 0.5) is 4.39 Å². The molecule has 2 rings (SSSR count). The Bertz CT molecular complexity index is 739. The average molecular weight is 298 g/mol. The van der Waals surface area contributed by atoms with E-state index in [-0.39, 0.29) is 11.5 Å². The second-order valence-corrected chi connectivity index (χ2v) is 4.93. The number of halogens is 1. The lowest BCUT2D eigenvalue weighted by Crippen LogP contribution is -2.18. The summed E-state index contributed by atoms with van der Waals surface area (Å²) in [5, 5.41) is 3.19. The highest BCUT2D eigenvalue weighted by Gasteiger charge is 2.16. The van der Waals surface area contributed by atoms with Gasteiger partial charge in [0.25, 0.3) is 0 Å². The summed E-state index contributed by atoms with van der Waals surface area (Å²) < 4.78 is 14.5. The Labute approximate surface area is 129 Å². The number of allylic oxidation sites excluding steroid dienone is 6. The van der Waals surface area contributed by atoms with Crippen LogP contribution in [0.3, 0.4) is 0 Å². The number of dihydropyridines is 1. The van der Waals surface area contributed by atoms with E-state index in [9.17, 15) is 4.39 Å². The fraction of sp³-hybridized carbons (Fsp3) is 0.176. The molecule has 0 atom stereocenters. The zero-order chi connectivity index (χ0) is 16.3. The van der Waals surface area contributed by atoms with Gasteiger partial charge in [-0.3, -0.25) is 4.99 Å². The Hall–Kier alpha value is -2.69. The van der Waals surface area contributed by atoms with Gasteiger partial charge < -0.3 is 11.1 Å². The fourth-order valence-electron chi connectivity index (χ4n) is 2.23. The Morgan fingerprint density at radius 3 is 2.77 bits per heavy atom. The molecule has 0 aromatic carbocycles. The van der Waals surface area contributed by atoms with Crippen LogP contribution in [-0.2, 0) is 0 Å². The number of hydrogen-bond donors (Lipinski definition) is 2. The third-order valence-corrected chi connectivity index (χ3v) is 3.37. The number of hydrogen-bond acceptors (Lipinski definition) is 3. The molecule has 2 heterocycles. The molecule has 0 saturated carbocycles. The van der Waals surface area contributed by atoms with Crippen molar-refractivity contribution in [3.8, 4) is 0 Å². The molecule has 0 amide bonds. The van der Waals surface area contributed by atoms with Crippen molar-refractivity contribution in [3.63, 3.8) is 0 Å². The van der Waals surface area contributed by atoms with E-state index in [0.29, 0.717) is 16.8 Å². The maximum atomic E-state index is 14.5. The number of nitrogens with zero attached hydrogens (tertiary/aromatic N) is 2. The molecule has 1 aromatic heterocycles. The van der Waals surface area contributed by atoms with Crippen LogP contribution in [0, 0.1) is 12.7 Å². The molecule has 114 valence electrons. The van der Waals surface area contributed by atoms with Crippen molar-refractivity contribution in [2.45, 2.75) is 13.8 Å². The number of pyridine rings is 1. The smallest absolute Gasteiger partial charge is 0.150 e. The van der Waals surface area contributed by atoms with E-state index in [1.807, 2.05) is 25.2 Å². The second-order valence-electron chi connectivity index (χ2n) is 4.93. The van der Waals surface area contributed by atoms with Crippen molar-refractivity contribution < 1.29 is 4.39 Å². The van der Waals surface area contributed by atoms with Gasteiger partial charge in [0, 0.05) is 35.3 Å². The zero-order valence-electron chi connectivity index (χ0n) is 12.9. The van der Waals surface area contributed by atoms with E-state index in [1.165, 1.54) is 6.07 Å². The first-order valence-electron chi connectivity index (χ1n) is 6.86. The van der Waals surface area contributed by atoms with E-state index in [0.717, 1.165) is 11.4 Å². The summed E-state index contributed by atoms with van der Waals surface area (Å²) in [6.07, 6.45) is 7.27. The van der Waals surface area contributed by atoms with E-state index >= 15 is 0 Å². The van der Waals surface area contributed by atoms with Crippen LogP contribution in [0.1, 0.15) is 23.9 Å². The highest BCUT2D eigenvalue weighted by molar-refractivity contribution is 5.98. The molecule has 0 aliphatic carbocycles. The van der Waals surface area contributed by atoms with Crippen LogP contribution >= 0.6 is 0 Å². The number of aliphatic imine (C=N–C) groups is 1. The van der Waals surface area contributed by atoms with Gasteiger partial charge >= 0.3 is 0 Å². The monoisotopic (exact) mass is 298 g/mol. The lowest BCUT2D eigenvalue weighted by Gasteiger charge is -2.16. The van der Waals surface area contributed by atoms with Crippen molar-refractivity contribution in [2.75, 3.05) is 7.05 Å². The van der Waals surface area contributed by atoms with Gasteiger partial charge in [-0.25, -0.2) is 9.37 Å². The van der Waals surface area contributed by atoms with Crippen LogP contribution in [0.15, 0.2) is 53.3 Å². The molecular weight excluding hydrogens is 279 g/mol. The molecule has 1 aliphatic rings. The van der Waals surface area contributed by atoms with Crippen LogP contribution in [-0.4, -0.2) is 17.9 Å². The third kappa shape index (κ3) is 2.98. The maximum Gasteiger partial charge on any atom is 0.150 e. The highest BCUT2D eigenvalue weighted by Crippen LogP contribution is 2.24. The molecule has 1 aromatic rings. The molecule has 5 heteroatoms. The molecule has 22 heavy (non-hydrogen) atoms. The van der Waals surface area contributed by atoms with Gasteiger partial charge in [0.15, 0.2) is 0 Å². The minimum absolute atomic E-state index is 0.238. The topological polar surface area (TPSA) is 63.3 Å². The summed E-state index contributed by atoms with van der Waals surface area (Å²) >= 11 is 0. The first kappa shape index (κ1) is 15.7. The summed E-state index contributed by atoms with van der Waals surface area (Å²) in [4.78, 5) is 8.23. The summed E-state index contributed by atoms with van der Waals surface area (Å²) in [5.74, 6) is -0.199. The Balaban J connectivity index is 2.59. The normalized spacial score (nSPS) is 16.9.